The lowest BCUT2D eigenvalue weighted by molar-refractivity contribution is -0.384. The average Bonchev–Trinajstić information content (AvgIpc) is 2.66. The van der Waals surface area contributed by atoms with Gasteiger partial charge in [-0.25, -0.2) is 9.18 Å². The van der Waals surface area contributed by atoms with Crippen molar-refractivity contribution in [3.63, 3.8) is 0 Å². The topological polar surface area (TPSA) is 108 Å². The molecule has 2 aromatic rings. The van der Waals surface area contributed by atoms with Gasteiger partial charge in [0.25, 0.3) is 5.69 Å². The van der Waals surface area contributed by atoms with Gasteiger partial charge in [-0.3, -0.25) is 14.9 Å². The highest BCUT2D eigenvalue weighted by molar-refractivity contribution is 6.01. The first-order valence-corrected chi connectivity index (χ1v) is 7.89. The summed E-state index contributed by atoms with van der Waals surface area (Å²) in [5.74, 6) is -1.91. The Morgan fingerprint density at radius 3 is 2.52 bits per heavy atom. The molecule has 1 N–H and O–H groups in total. The fourth-order valence-corrected chi connectivity index (χ4v) is 2.18. The number of nitrogens with zero attached hydrogens (tertiary/aromatic N) is 1. The van der Waals surface area contributed by atoms with E-state index in [9.17, 15) is 24.1 Å². The molecule has 0 bridgehead atoms. The van der Waals surface area contributed by atoms with Crippen molar-refractivity contribution in [3.8, 4) is 0 Å². The van der Waals surface area contributed by atoms with Gasteiger partial charge >= 0.3 is 5.97 Å². The number of methoxy groups -OCH3 is 1. The number of hydrogen-bond acceptors (Lipinski definition) is 7. The summed E-state index contributed by atoms with van der Waals surface area (Å²) in [7, 11) is 1.51. The van der Waals surface area contributed by atoms with E-state index in [-0.39, 0.29) is 16.8 Å². The van der Waals surface area contributed by atoms with E-state index in [1.807, 2.05) is 0 Å². The predicted octanol–water partition coefficient (Wildman–Crippen LogP) is 2.83. The summed E-state index contributed by atoms with van der Waals surface area (Å²) in [6.07, 6.45) is 0. The highest BCUT2D eigenvalue weighted by Gasteiger charge is 2.19. The number of anilines is 1. The molecule has 0 unspecified atom stereocenters. The first-order chi connectivity index (χ1) is 12.9. The number of esters is 1. The second-order valence-corrected chi connectivity index (χ2v) is 5.41. The summed E-state index contributed by atoms with van der Waals surface area (Å²) in [6.45, 7) is 0.141. The molecule has 0 amide bonds. The predicted molar refractivity (Wildman–Crippen MR) is 94.5 cm³/mol. The minimum Gasteiger partial charge on any atom is -0.454 e. The second-order valence-electron chi connectivity index (χ2n) is 5.41. The number of hydrogen-bond donors (Lipinski definition) is 1. The van der Waals surface area contributed by atoms with Crippen LogP contribution in [-0.4, -0.2) is 43.5 Å². The SMILES string of the molecule is COCCNc1ccc([N+](=O)[O-])cc1C(=O)OCC(=O)c1ccc(F)cc1. The Hall–Kier alpha value is -3.33. The van der Waals surface area contributed by atoms with Gasteiger partial charge in [0.2, 0.25) is 0 Å². The number of nitro benzene ring substituents is 1. The van der Waals surface area contributed by atoms with Gasteiger partial charge in [-0.05, 0) is 30.3 Å². The molecule has 0 spiro atoms. The molecule has 142 valence electrons. The molecule has 27 heavy (non-hydrogen) atoms. The number of benzene rings is 2. The summed E-state index contributed by atoms with van der Waals surface area (Å²) < 4.78 is 22.8. The van der Waals surface area contributed by atoms with Gasteiger partial charge in [-0.1, -0.05) is 0 Å². The molecule has 0 atom stereocenters. The molecule has 0 aliphatic carbocycles. The Bertz CT molecular complexity index is 838. The third-order valence-corrected chi connectivity index (χ3v) is 3.56. The maximum Gasteiger partial charge on any atom is 0.340 e. The molecule has 9 heteroatoms. The third-order valence-electron chi connectivity index (χ3n) is 3.56. The lowest BCUT2D eigenvalue weighted by Crippen LogP contribution is -2.17. The van der Waals surface area contributed by atoms with Crippen LogP contribution in [0.1, 0.15) is 20.7 Å². The van der Waals surface area contributed by atoms with Gasteiger partial charge in [-0.2, -0.15) is 0 Å². The molecule has 0 aliphatic heterocycles. The van der Waals surface area contributed by atoms with E-state index in [0.29, 0.717) is 18.8 Å². The van der Waals surface area contributed by atoms with E-state index in [0.717, 1.165) is 18.2 Å². The Labute approximate surface area is 154 Å². The van der Waals surface area contributed by atoms with Crippen LogP contribution in [-0.2, 0) is 9.47 Å². The maximum atomic E-state index is 12.9. The Balaban J connectivity index is 2.12. The average molecular weight is 376 g/mol. The van der Waals surface area contributed by atoms with Gasteiger partial charge in [-0.15, -0.1) is 0 Å². The molecule has 8 nitrogen and oxygen atoms in total. The molecule has 0 radical (unpaired) electrons. The number of carbonyl (C=O) groups is 2. The summed E-state index contributed by atoms with van der Waals surface area (Å²) in [6, 6.07) is 8.48. The smallest absolute Gasteiger partial charge is 0.340 e. The highest BCUT2D eigenvalue weighted by Crippen LogP contribution is 2.23. The van der Waals surface area contributed by atoms with E-state index in [2.05, 4.69) is 5.32 Å². The molecule has 0 aliphatic rings. The van der Waals surface area contributed by atoms with Crippen LogP contribution in [0.4, 0.5) is 15.8 Å². The Morgan fingerprint density at radius 2 is 1.89 bits per heavy atom. The quantitative estimate of drug-likeness (QED) is 0.236. The molecule has 2 rings (SSSR count). The van der Waals surface area contributed by atoms with E-state index in [4.69, 9.17) is 9.47 Å². The molecular formula is C18H17FN2O6. The molecule has 0 saturated carbocycles. The van der Waals surface area contributed by atoms with E-state index < -0.39 is 29.1 Å². The van der Waals surface area contributed by atoms with E-state index in [1.165, 1.54) is 31.4 Å². The van der Waals surface area contributed by atoms with E-state index in [1.54, 1.807) is 0 Å². The van der Waals surface area contributed by atoms with Gasteiger partial charge in [0.15, 0.2) is 12.4 Å². The van der Waals surface area contributed by atoms with Crippen molar-refractivity contribution in [1.29, 1.82) is 0 Å². The first kappa shape index (κ1) is 20.0. The number of rotatable bonds is 9. The van der Waals surface area contributed by atoms with Crippen LogP contribution in [0, 0.1) is 15.9 Å². The van der Waals surface area contributed by atoms with Crippen LogP contribution < -0.4 is 5.32 Å². The minimum atomic E-state index is -0.894. The van der Waals surface area contributed by atoms with Gasteiger partial charge in [0.1, 0.15) is 5.82 Å². The lowest BCUT2D eigenvalue weighted by atomic mass is 10.1. The van der Waals surface area contributed by atoms with Crippen molar-refractivity contribution >= 4 is 23.1 Å². The van der Waals surface area contributed by atoms with Crippen LogP contribution in [0.3, 0.4) is 0 Å². The fourth-order valence-electron chi connectivity index (χ4n) is 2.18. The minimum absolute atomic E-state index is 0.0767. The summed E-state index contributed by atoms with van der Waals surface area (Å²) >= 11 is 0. The van der Waals surface area contributed by atoms with Crippen molar-refractivity contribution in [2.45, 2.75) is 0 Å². The molecule has 0 saturated heterocycles. The number of nitro groups is 1. The van der Waals surface area contributed by atoms with Crippen molar-refractivity contribution in [1.82, 2.24) is 0 Å². The summed E-state index contributed by atoms with van der Waals surface area (Å²) in [4.78, 5) is 34.7. The highest BCUT2D eigenvalue weighted by atomic mass is 19.1. The van der Waals surface area contributed by atoms with Gasteiger partial charge < -0.3 is 14.8 Å². The summed E-state index contributed by atoms with van der Waals surface area (Å²) in [5.41, 5.74) is 0.134. The van der Waals surface area contributed by atoms with Crippen molar-refractivity contribution in [2.75, 3.05) is 32.2 Å². The first-order valence-electron chi connectivity index (χ1n) is 7.89. The monoisotopic (exact) mass is 376 g/mol. The molecule has 0 fully saturated rings. The fraction of sp³-hybridized carbons (Fsp3) is 0.222. The zero-order chi connectivity index (χ0) is 19.8. The van der Waals surface area contributed by atoms with Crippen LogP contribution in [0.15, 0.2) is 42.5 Å². The number of ether oxygens (including phenoxy) is 2. The number of nitrogens with one attached hydrogen (secondary N) is 1. The van der Waals surface area contributed by atoms with Crippen LogP contribution in [0.5, 0.6) is 0 Å². The normalized spacial score (nSPS) is 10.3. The van der Waals surface area contributed by atoms with Crippen molar-refractivity contribution < 1.29 is 28.4 Å². The second kappa shape index (κ2) is 9.39. The number of carbonyl (C=O) groups excluding carboxylic acids is 2. The third kappa shape index (κ3) is 5.58. The number of halogens is 1. The van der Waals surface area contributed by atoms with Crippen molar-refractivity contribution in [3.05, 3.63) is 69.5 Å². The Morgan fingerprint density at radius 1 is 1.19 bits per heavy atom. The van der Waals surface area contributed by atoms with Gasteiger partial charge in [0, 0.05) is 37.0 Å². The largest absolute Gasteiger partial charge is 0.454 e. The van der Waals surface area contributed by atoms with E-state index >= 15 is 0 Å². The van der Waals surface area contributed by atoms with Crippen LogP contribution in [0.25, 0.3) is 0 Å². The molecule has 0 aromatic heterocycles. The Kier molecular flexibility index (Phi) is 6.95. The maximum absolute atomic E-state index is 12.9. The summed E-state index contributed by atoms with van der Waals surface area (Å²) in [5, 5.41) is 13.9. The zero-order valence-electron chi connectivity index (χ0n) is 14.4. The number of ketones is 1. The van der Waals surface area contributed by atoms with Crippen molar-refractivity contribution in [2.24, 2.45) is 0 Å². The standard InChI is InChI=1S/C18H17FN2O6/c1-26-9-8-20-16-7-6-14(21(24)25)10-15(16)18(23)27-11-17(22)12-2-4-13(19)5-3-12/h2-7,10,20H,8-9,11H2,1H3. The zero-order valence-corrected chi connectivity index (χ0v) is 14.4. The lowest BCUT2D eigenvalue weighted by Gasteiger charge is -2.11. The van der Waals surface area contributed by atoms with Crippen LogP contribution in [0.2, 0.25) is 0 Å². The molecule has 2 aromatic carbocycles. The molecular weight excluding hydrogens is 359 g/mol. The number of non-ortho nitro benzene ring substituents is 1. The van der Waals surface area contributed by atoms with Crippen LogP contribution >= 0.6 is 0 Å². The molecule has 0 heterocycles. The van der Waals surface area contributed by atoms with Gasteiger partial charge in [0.05, 0.1) is 17.1 Å². The number of Topliss-reactive ketones (excluding diaryl/α,β-unsaturated/α-hetero) is 1.